The number of ether oxygens (including phenoxy) is 1. The van der Waals surface area contributed by atoms with Crippen LogP contribution in [0.3, 0.4) is 0 Å². The Balaban J connectivity index is 1.35. The third-order valence-electron chi connectivity index (χ3n) is 7.94. The summed E-state index contributed by atoms with van der Waals surface area (Å²) < 4.78 is 20.8. The lowest BCUT2D eigenvalue weighted by Gasteiger charge is -2.35. The van der Waals surface area contributed by atoms with Gasteiger partial charge in [-0.2, -0.15) is 4.39 Å². The average molecular weight is 614 g/mol. The summed E-state index contributed by atoms with van der Waals surface area (Å²) in [4.78, 5) is 36.7. The SMILES string of the molecule is Cc1c(F)ncc(C(=O)Nc2c(N3CCN(C)CC3)ccc(-n3cc(C(=O)NCCCN4CCOCC4)nn3)c2C)c1Cl. The van der Waals surface area contributed by atoms with Gasteiger partial charge in [0.05, 0.1) is 47.1 Å². The number of benzene rings is 1. The Morgan fingerprint density at radius 3 is 2.49 bits per heavy atom. The van der Waals surface area contributed by atoms with Crippen LogP contribution in [0.15, 0.2) is 24.5 Å². The lowest BCUT2D eigenvalue weighted by atomic mass is 10.1. The van der Waals surface area contributed by atoms with Crippen LogP contribution in [0.2, 0.25) is 5.02 Å². The van der Waals surface area contributed by atoms with Crippen molar-refractivity contribution in [3.8, 4) is 5.69 Å². The number of carbonyl (C=O) groups excluding carboxylic acids is 2. The minimum Gasteiger partial charge on any atom is -0.379 e. The second-order valence-electron chi connectivity index (χ2n) is 10.9. The first-order valence-electron chi connectivity index (χ1n) is 14.4. The number of piperazine rings is 1. The normalized spacial score (nSPS) is 16.3. The van der Waals surface area contributed by atoms with E-state index in [2.05, 4.69) is 47.7 Å². The monoisotopic (exact) mass is 613 g/mol. The van der Waals surface area contributed by atoms with Crippen LogP contribution in [0.4, 0.5) is 15.8 Å². The van der Waals surface area contributed by atoms with Crippen molar-refractivity contribution in [3.05, 3.63) is 57.9 Å². The predicted octanol–water partition coefficient (Wildman–Crippen LogP) is 2.53. The zero-order chi connectivity index (χ0) is 30.5. The van der Waals surface area contributed by atoms with Crippen molar-refractivity contribution in [2.45, 2.75) is 20.3 Å². The Morgan fingerprint density at radius 2 is 1.74 bits per heavy atom. The van der Waals surface area contributed by atoms with Crippen molar-refractivity contribution in [3.63, 3.8) is 0 Å². The van der Waals surface area contributed by atoms with Crippen LogP contribution < -0.4 is 15.5 Å². The Bertz CT molecular complexity index is 1470. The standard InChI is InChI=1S/C29H37ClFN9O3/c1-19-23(40-18-22(35-36-40)29(42)32-7-4-8-38-13-15-43-16-14-38)5-6-24(39-11-9-37(3)10-12-39)26(19)34-28(41)21-17-33-27(31)20(2)25(21)30/h5-6,17-18H,4,7-16H2,1-3H3,(H,32,42)(H,34,41). The number of pyridine rings is 1. The molecule has 0 atom stereocenters. The van der Waals surface area contributed by atoms with Crippen LogP contribution in [0.25, 0.3) is 5.69 Å². The van der Waals surface area contributed by atoms with Gasteiger partial charge in [0.1, 0.15) is 0 Å². The number of aromatic nitrogens is 4. The summed E-state index contributed by atoms with van der Waals surface area (Å²) in [6.45, 7) is 11.4. The van der Waals surface area contributed by atoms with Crippen LogP contribution in [0.5, 0.6) is 0 Å². The number of amides is 2. The summed E-state index contributed by atoms with van der Waals surface area (Å²) in [6, 6.07) is 3.82. The first-order chi connectivity index (χ1) is 20.7. The molecule has 0 spiro atoms. The molecule has 0 unspecified atom stereocenters. The molecule has 14 heteroatoms. The lowest BCUT2D eigenvalue weighted by Crippen LogP contribution is -2.44. The quantitative estimate of drug-likeness (QED) is 0.277. The lowest BCUT2D eigenvalue weighted by molar-refractivity contribution is 0.0374. The molecular formula is C29H37ClFN9O3. The smallest absolute Gasteiger partial charge is 0.273 e. The van der Waals surface area contributed by atoms with E-state index in [-0.39, 0.29) is 27.8 Å². The highest BCUT2D eigenvalue weighted by Gasteiger charge is 2.24. The summed E-state index contributed by atoms with van der Waals surface area (Å²) in [5, 5.41) is 14.2. The summed E-state index contributed by atoms with van der Waals surface area (Å²) in [5.41, 5.74) is 3.14. The van der Waals surface area contributed by atoms with Crippen molar-refractivity contribution in [1.82, 2.24) is 35.1 Å². The molecule has 12 nitrogen and oxygen atoms in total. The summed E-state index contributed by atoms with van der Waals surface area (Å²) >= 11 is 6.32. The number of nitrogens with one attached hydrogen (secondary N) is 2. The van der Waals surface area contributed by atoms with E-state index in [1.54, 1.807) is 6.20 Å². The first-order valence-corrected chi connectivity index (χ1v) is 14.8. The zero-order valence-corrected chi connectivity index (χ0v) is 25.5. The largest absolute Gasteiger partial charge is 0.379 e. The second-order valence-corrected chi connectivity index (χ2v) is 11.2. The molecule has 43 heavy (non-hydrogen) atoms. The molecule has 2 amide bonds. The minimum absolute atomic E-state index is 0.0110. The Kier molecular flexibility index (Phi) is 9.86. The number of morpholine rings is 1. The fraction of sp³-hybridized carbons (Fsp3) is 0.483. The highest BCUT2D eigenvalue weighted by Crippen LogP contribution is 2.35. The Hall–Kier alpha value is -3.65. The van der Waals surface area contributed by atoms with E-state index in [1.807, 2.05) is 19.1 Å². The maximum atomic E-state index is 13.9. The zero-order valence-electron chi connectivity index (χ0n) is 24.7. The van der Waals surface area contributed by atoms with Gasteiger partial charge in [-0.15, -0.1) is 5.10 Å². The van der Waals surface area contributed by atoms with E-state index in [9.17, 15) is 14.0 Å². The highest BCUT2D eigenvalue weighted by atomic mass is 35.5. The number of rotatable bonds is 9. The average Bonchev–Trinajstić information content (AvgIpc) is 3.50. The predicted molar refractivity (Wildman–Crippen MR) is 162 cm³/mol. The molecule has 2 aliphatic heterocycles. The van der Waals surface area contributed by atoms with Gasteiger partial charge in [0.2, 0.25) is 5.95 Å². The number of anilines is 2. The summed E-state index contributed by atoms with van der Waals surface area (Å²) in [5.74, 6) is -1.53. The molecule has 0 bridgehead atoms. The summed E-state index contributed by atoms with van der Waals surface area (Å²) in [7, 11) is 2.07. The Morgan fingerprint density at radius 1 is 1.02 bits per heavy atom. The molecule has 4 heterocycles. The van der Waals surface area contributed by atoms with Crippen LogP contribution in [0.1, 0.15) is 38.4 Å². The third kappa shape index (κ3) is 7.12. The Labute approximate surface area is 255 Å². The van der Waals surface area contributed by atoms with E-state index in [4.69, 9.17) is 16.3 Å². The van der Waals surface area contributed by atoms with Crippen molar-refractivity contribution in [2.75, 3.05) is 82.8 Å². The van der Waals surface area contributed by atoms with E-state index in [1.165, 1.54) is 11.6 Å². The van der Waals surface area contributed by atoms with Gasteiger partial charge in [-0.25, -0.2) is 9.67 Å². The van der Waals surface area contributed by atoms with Crippen LogP contribution in [-0.2, 0) is 4.74 Å². The fourth-order valence-corrected chi connectivity index (χ4v) is 5.43. The minimum atomic E-state index is -0.721. The number of carbonyl (C=O) groups is 2. The highest BCUT2D eigenvalue weighted by molar-refractivity contribution is 6.35. The maximum absolute atomic E-state index is 13.9. The van der Waals surface area contributed by atoms with Crippen molar-refractivity contribution in [2.24, 2.45) is 0 Å². The molecule has 2 fully saturated rings. The number of hydrogen-bond donors (Lipinski definition) is 2. The molecule has 2 N–H and O–H groups in total. The number of hydrogen-bond acceptors (Lipinski definition) is 9. The molecule has 0 radical (unpaired) electrons. The third-order valence-corrected chi connectivity index (χ3v) is 8.42. The van der Waals surface area contributed by atoms with Gasteiger partial charge in [0, 0.05) is 63.1 Å². The molecule has 0 aliphatic carbocycles. The van der Waals surface area contributed by atoms with Crippen LogP contribution in [-0.4, -0.2) is 114 Å². The summed E-state index contributed by atoms with van der Waals surface area (Å²) in [6.07, 6.45) is 3.53. The van der Waals surface area contributed by atoms with Gasteiger partial charge in [0.25, 0.3) is 11.8 Å². The van der Waals surface area contributed by atoms with Gasteiger partial charge in [-0.3, -0.25) is 14.5 Å². The molecule has 230 valence electrons. The fourth-order valence-electron chi connectivity index (χ4n) is 5.22. The molecule has 2 aromatic heterocycles. The molecule has 3 aromatic rings. The second kappa shape index (κ2) is 13.8. The van der Waals surface area contributed by atoms with Crippen molar-refractivity contribution in [1.29, 1.82) is 0 Å². The van der Waals surface area contributed by atoms with Crippen molar-refractivity contribution >= 4 is 34.8 Å². The van der Waals surface area contributed by atoms with Crippen molar-refractivity contribution < 1.29 is 18.7 Å². The maximum Gasteiger partial charge on any atom is 0.273 e. The molecule has 1 aromatic carbocycles. The van der Waals surface area contributed by atoms with Crippen LogP contribution in [0, 0.1) is 19.8 Å². The number of likely N-dealkylation sites (N-methyl/N-ethyl adjacent to an activating group) is 1. The van der Waals surface area contributed by atoms with Gasteiger partial charge in [-0.1, -0.05) is 16.8 Å². The van der Waals surface area contributed by atoms with Gasteiger partial charge in [-0.05, 0) is 46.0 Å². The number of nitrogens with zero attached hydrogens (tertiary/aromatic N) is 7. The first kappa shape index (κ1) is 30.8. The molecule has 0 saturated carbocycles. The topological polar surface area (TPSA) is 121 Å². The van der Waals surface area contributed by atoms with Gasteiger partial charge in [0.15, 0.2) is 5.69 Å². The van der Waals surface area contributed by atoms with Crippen LogP contribution >= 0.6 is 11.6 Å². The molecular weight excluding hydrogens is 577 g/mol. The molecule has 5 rings (SSSR count). The van der Waals surface area contributed by atoms with Gasteiger partial charge >= 0.3 is 0 Å². The number of halogens is 2. The van der Waals surface area contributed by atoms with Gasteiger partial charge < -0.3 is 25.2 Å². The molecule has 2 saturated heterocycles. The van der Waals surface area contributed by atoms with E-state index < -0.39 is 11.9 Å². The van der Waals surface area contributed by atoms with E-state index >= 15 is 0 Å². The van der Waals surface area contributed by atoms with E-state index in [0.29, 0.717) is 17.9 Å². The molecule has 2 aliphatic rings. The van der Waals surface area contributed by atoms with E-state index in [0.717, 1.165) is 82.9 Å².